The van der Waals surface area contributed by atoms with E-state index in [1.807, 2.05) is 0 Å². The first kappa shape index (κ1) is 11.9. The molecule has 0 saturated heterocycles. The van der Waals surface area contributed by atoms with Crippen molar-refractivity contribution >= 4 is 44.8 Å². The highest BCUT2D eigenvalue weighted by molar-refractivity contribution is 9.09. The van der Waals surface area contributed by atoms with Crippen LogP contribution in [0.2, 0.25) is 5.02 Å². The van der Waals surface area contributed by atoms with E-state index in [0.29, 0.717) is 0 Å². The number of hydrogen-bond acceptors (Lipinski definition) is 3. The van der Waals surface area contributed by atoms with Crippen LogP contribution in [0, 0.1) is 10.1 Å². The molecule has 0 spiro atoms. The van der Waals surface area contributed by atoms with Crippen LogP contribution < -0.4 is 5.32 Å². The maximum atomic E-state index is 11.0. The molecule has 1 N–H and O–H groups in total. The molecule has 0 saturated carbocycles. The molecule has 15 heavy (non-hydrogen) atoms. The molecule has 0 aliphatic heterocycles. The Balaban J connectivity index is 3.11. The molecule has 1 rings (SSSR count). The van der Waals surface area contributed by atoms with Crippen molar-refractivity contribution in [3.8, 4) is 0 Å². The topological polar surface area (TPSA) is 72.2 Å². The lowest BCUT2D eigenvalue weighted by Gasteiger charge is -2.04. The number of carbonyl (C=O) groups excluding carboxylic acids is 1. The Hall–Kier alpha value is -1.14. The van der Waals surface area contributed by atoms with Crippen molar-refractivity contribution in [2.45, 2.75) is 0 Å². The average Bonchev–Trinajstić information content (AvgIpc) is 2.17. The summed E-state index contributed by atoms with van der Waals surface area (Å²) in [5.41, 5.74) is -0.203. The lowest BCUT2D eigenvalue weighted by molar-refractivity contribution is -0.383. The third kappa shape index (κ3) is 2.90. The van der Waals surface area contributed by atoms with Gasteiger partial charge >= 0.3 is 5.69 Å². The molecule has 5 nitrogen and oxygen atoms in total. The Morgan fingerprint density at radius 1 is 1.60 bits per heavy atom. The Labute approximate surface area is 98.7 Å². The number of carbonyl (C=O) groups is 1. The number of halogens is 2. The van der Waals surface area contributed by atoms with Gasteiger partial charge < -0.3 is 5.32 Å². The summed E-state index contributed by atoms with van der Waals surface area (Å²) >= 11 is 8.58. The van der Waals surface area contributed by atoms with Gasteiger partial charge in [-0.3, -0.25) is 14.9 Å². The van der Waals surface area contributed by atoms with E-state index in [0.717, 1.165) is 0 Å². The van der Waals surface area contributed by atoms with Crippen LogP contribution in [0.1, 0.15) is 0 Å². The van der Waals surface area contributed by atoms with Crippen LogP contribution >= 0.6 is 27.5 Å². The normalized spacial score (nSPS) is 9.73. The van der Waals surface area contributed by atoms with Crippen LogP contribution in [0.3, 0.4) is 0 Å². The third-order valence-corrected chi connectivity index (χ3v) is 2.38. The van der Waals surface area contributed by atoms with E-state index >= 15 is 0 Å². The van der Waals surface area contributed by atoms with Crippen molar-refractivity contribution in [1.82, 2.24) is 0 Å². The molecule has 1 aromatic carbocycles. The van der Waals surface area contributed by atoms with Crippen molar-refractivity contribution in [3.05, 3.63) is 33.3 Å². The molecular weight excluding hydrogens is 287 g/mol. The van der Waals surface area contributed by atoms with Crippen molar-refractivity contribution in [3.63, 3.8) is 0 Å². The molecule has 0 aromatic heterocycles. The number of benzene rings is 1. The number of nitrogens with zero attached hydrogens (tertiary/aromatic N) is 1. The predicted molar refractivity (Wildman–Crippen MR) is 60.5 cm³/mol. The second-order valence-electron chi connectivity index (χ2n) is 2.57. The van der Waals surface area contributed by atoms with Crippen molar-refractivity contribution < 1.29 is 9.72 Å². The van der Waals surface area contributed by atoms with Gasteiger partial charge in [-0.1, -0.05) is 33.6 Å². The minimum atomic E-state index is -0.633. The van der Waals surface area contributed by atoms with Gasteiger partial charge in [0.15, 0.2) is 0 Å². The standard InChI is InChI=1S/C8H6BrClN2O3/c9-4-7(13)11-6-3-1-2-5(10)8(6)12(14)15/h1-3H,4H2,(H,11,13). The summed E-state index contributed by atoms with van der Waals surface area (Å²) in [5, 5.41) is 13.1. The highest BCUT2D eigenvalue weighted by Crippen LogP contribution is 2.32. The SMILES string of the molecule is O=C(CBr)Nc1cccc(Cl)c1[N+](=O)[O-]. The number of hydrogen-bond donors (Lipinski definition) is 1. The fourth-order valence-electron chi connectivity index (χ4n) is 0.985. The fourth-order valence-corrected chi connectivity index (χ4v) is 1.37. The average molecular weight is 294 g/mol. The van der Waals surface area contributed by atoms with E-state index in [4.69, 9.17) is 11.6 Å². The molecule has 1 aromatic rings. The molecule has 80 valence electrons. The van der Waals surface area contributed by atoms with Crippen molar-refractivity contribution in [2.24, 2.45) is 0 Å². The van der Waals surface area contributed by atoms with E-state index in [9.17, 15) is 14.9 Å². The zero-order valence-electron chi connectivity index (χ0n) is 7.37. The number of amides is 1. The smallest absolute Gasteiger partial charge is 0.311 e. The summed E-state index contributed by atoms with van der Waals surface area (Å²) in [7, 11) is 0. The predicted octanol–water partition coefficient (Wildman–Crippen LogP) is 2.58. The molecular formula is C8H6BrClN2O3. The minimum absolute atomic E-state index is 0.00706. The Morgan fingerprint density at radius 3 is 2.80 bits per heavy atom. The minimum Gasteiger partial charge on any atom is -0.320 e. The summed E-state index contributed by atoms with van der Waals surface area (Å²) in [6, 6.07) is 4.34. The number of anilines is 1. The largest absolute Gasteiger partial charge is 0.320 e. The summed E-state index contributed by atoms with van der Waals surface area (Å²) in [6.07, 6.45) is 0. The van der Waals surface area contributed by atoms with Crippen LogP contribution in [0.4, 0.5) is 11.4 Å². The molecule has 1 amide bonds. The first-order valence-electron chi connectivity index (χ1n) is 3.85. The summed E-state index contributed by atoms with van der Waals surface area (Å²) in [5.74, 6) is -0.375. The van der Waals surface area contributed by atoms with E-state index in [-0.39, 0.29) is 27.6 Å². The van der Waals surface area contributed by atoms with Gasteiger partial charge in [-0.05, 0) is 12.1 Å². The highest BCUT2D eigenvalue weighted by Gasteiger charge is 2.19. The van der Waals surface area contributed by atoms with Gasteiger partial charge in [0.25, 0.3) is 0 Å². The van der Waals surface area contributed by atoms with E-state index in [1.165, 1.54) is 18.2 Å². The maximum absolute atomic E-state index is 11.0. The lowest BCUT2D eigenvalue weighted by Crippen LogP contribution is -2.13. The zero-order valence-corrected chi connectivity index (χ0v) is 9.71. The maximum Gasteiger partial charge on any atom is 0.311 e. The Bertz CT molecular complexity index is 411. The lowest BCUT2D eigenvalue weighted by atomic mass is 10.2. The van der Waals surface area contributed by atoms with E-state index in [2.05, 4.69) is 21.2 Å². The number of nitrogens with one attached hydrogen (secondary N) is 1. The van der Waals surface area contributed by atoms with Gasteiger partial charge in [0.2, 0.25) is 5.91 Å². The second kappa shape index (κ2) is 5.09. The molecule has 0 atom stereocenters. The zero-order chi connectivity index (χ0) is 11.4. The van der Waals surface area contributed by atoms with E-state index < -0.39 is 4.92 Å². The molecule has 7 heteroatoms. The van der Waals surface area contributed by atoms with Crippen LogP contribution in [-0.4, -0.2) is 16.2 Å². The quantitative estimate of drug-likeness (QED) is 0.529. The first-order valence-corrected chi connectivity index (χ1v) is 5.35. The highest BCUT2D eigenvalue weighted by atomic mass is 79.9. The van der Waals surface area contributed by atoms with Gasteiger partial charge in [-0.2, -0.15) is 0 Å². The summed E-state index contributed by atoms with van der Waals surface area (Å²) < 4.78 is 0. The molecule has 0 radical (unpaired) electrons. The van der Waals surface area contributed by atoms with Crippen LogP contribution in [0.25, 0.3) is 0 Å². The van der Waals surface area contributed by atoms with Gasteiger partial charge in [0, 0.05) is 0 Å². The fraction of sp³-hybridized carbons (Fsp3) is 0.125. The third-order valence-electron chi connectivity index (χ3n) is 1.56. The number of nitro groups is 1. The second-order valence-corrected chi connectivity index (χ2v) is 3.54. The number of para-hydroxylation sites is 1. The van der Waals surface area contributed by atoms with Gasteiger partial charge in [0.1, 0.15) is 10.7 Å². The molecule has 0 unspecified atom stereocenters. The van der Waals surface area contributed by atoms with Crippen LogP contribution in [0.5, 0.6) is 0 Å². The Kier molecular flexibility index (Phi) is 4.05. The molecule has 0 aliphatic rings. The number of rotatable bonds is 3. The monoisotopic (exact) mass is 292 g/mol. The summed E-state index contributed by atoms with van der Waals surface area (Å²) in [6.45, 7) is 0. The van der Waals surface area contributed by atoms with Gasteiger partial charge in [0.05, 0.1) is 10.3 Å². The molecule has 0 aliphatic carbocycles. The molecule has 0 fully saturated rings. The summed E-state index contributed by atoms with van der Waals surface area (Å²) in [4.78, 5) is 21.1. The van der Waals surface area contributed by atoms with Gasteiger partial charge in [-0.25, -0.2) is 0 Å². The first-order chi connectivity index (χ1) is 7.06. The van der Waals surface area contributed by atoms with Crippen LogP contribution in [0.15, 0.2) is 18.2 Å². The molecule has 0 bridgehead atoms. The molecule has 0 heterocycles. The Morgan fingerprint density at radius 2 is 2.27 bits per heavy atom. The van der Waals surface area contributed by atoms with Gasteiger partial charge in [-0.15, -0.1) is 0 Å². The van der Waals surface area contributed by atoms with Crippen molar-refractivity contribution in [2.75, 3.05) is 10.6 Å². The number of alkyl halides is 1. The van der Waals surface area contributed by atoms with E-state index in [1.54, 1.807) is 0 Å². The van der Waals surface area contributed by atoms with Crippen molar-refractivity contribution in [1.29, 1.82) is 0 Å². The van der Waals surface area contributed by atoms with Crippen LogP contribution in [-0.2, 0) is 4.79 Å². The number of nitro benzene ring substituents is 1.